The fourth-order valence-electron chi connectivity index (χ4n) is 1.29. The summed E-state index contributed by atoms with van der Waals surface area (Å²) in [6.45, 7) is 1.46. The number of halogens is 1. The van der Waals surface area contributed by atoms with E-state index in [4.69, 9.17) is 0 Å². The number of hydrogen-bond donors (Lipinski definition) is 0. The van der Waals surface area contributed by atoms with Gasteiger partial charge in [0, 0.05) is 12.3 Å². The van der Waals surface area contributed by atoms with Crippen LogP contribution in [0, 0.1) is 5.82 Å². The Kier molecular flexibility index (Phi) is 2.00. The molecule has 0 atom stereocenters. The Hall–Kier alpha value is -1.77. The van der Waals surface area contributed by atoms with Crippen LogP contribution >= 0.6 is 0 Å². The summed E-state index contributed by atoms with van der Waals surface area (Å²) in [5.74, 6) is -0.383. The number of hydrogen-bond acceptors (Lipinski definition) is 2. The molecule has 0 radical (unpaired) electrons. The van der Waals surface area contributed by atoms with Crippen LogP contribution in [0.4, 0.5) is 4.39 Å². The predicted molar refractivity (Wildman–Crippen MR) is 51.7 cm³/mol. The highest BCUT2D eigenvalue weighted by Gasteiger charge is 2.02. The van der Waals surface area contributed by atoms with Crippen molar-refractivity contribution in [2.45, 2.75) is 6.92 Å². The van der Waals surface area contributed by atoms with Crippen LogP contribution in [0.2, 0.25) is 0 Å². The van der Waals surface area contributed by atoms with Crippen molar-refractivity contribution in [3.63, 3.8) is 0 Å². The standard InChI is InChI=1S/C11H8FNO/c1-7(14)10-4-2-8-6-9(12)3-5-11(8)13-10/h2-6H,1H3. The second kappa shape index (κ2) is 3.18. The Balaban J connectivity index is 2.67. The number of benzene rings is 1. The van der Waals surface area contributed by atoms with Crippen molar-refractivity contribution in [1.82, 2.24) is 4.98 Å². The third-order valence-corrected chi connectivity index (χ3v) is 2.01. The molecule has 2 rings (SSSR count). The lowest BCUT2D eigenvalue weighted by Crippen LogP contribution is -1.96. The van der Waals surface area contributed by atoms with Crippen LogP contribution in [0.3, 0.4) is 0 Å². The van der Waals surface area contributed by atoms with Crippen LogP contribution in [0.15, 0.2) is 30.3 Å². The van der Waals surface area contributed by atoms with Crippen LogP contribution in [-0.4, -0.2) is 10.8 Å². The van der Waals surface area contributed by atoms with Gasteiger partial charge >= 0.3 is 0 Å². The lowest BCUT2D eigenvalue weighted by Gasteiger charge is -1.99. The van der Waals surface area contributed by atoms with E-state index in [-0.39, 0.29) is 11.6 Å². The number of pyridine rings is 1. The molecule has 70 valence electrons. The molecule has 0 aliphatic carbocycles. The number of aromatic nitrogens is 1. The zero-order valence-corrected chi connectivity index (χ0v) is 7.62. The number of carbonyl (C=O) groups excluding carboxylic acids is 1. The molecule has 0 saturated carbocycles. The van der Waals surface area contributed by atoms with Gasteiger partial charge in [-0.05, 0) is 24.3 Å². The first-order chi connectivity index (χ1) is 6.66. The van der Waals surface area contributed by atoms with E-state index >= 15 is 0 Å². The maximum Gasteiger partial charge on any atom is 0.178 e. The monoisotopic (exact) mass is 189 g/mol. The van der Waals surface area contributed by atoms with Gasteiger partial charge in [-0.3, -0.25) is 4.79 Å². The summed E-state index contributed by atoms with van der Waals surface area (Å²) in [6.07, 6.45) is 0. The van der Waals surface area contributed by atoms with E-state index in [1.807, 2.05) is 0 Å². The number of carbonyl (C=O) groups is 1. The summed E-state index contributed by atoms with van der Waals surface area (Å²) in [5, 5.41) is 0.704. The minimum atomic E-state index is -0.296. The van der Waals surface area contributed by atoms with Gasteiger partial charge in [-0.2, -0.15) is 0 Å². The van der Waals surface area contributed by atoms with Crippen LogP contribution in [0.1, 0.15) is 17.4 Å². The highest BCUT2D eigenvalue weighted by atomic mass is 19.1. The number of Topliss-reactive ketones (excluding diaryl/α,β-unsaturated/α-hetero) is 1. The van der Waals surface area contributed by atoms with E-state index in [0.29, 0.717) is 16.6 Å². The summed E-state index contributed by atoms with van der Waals surface area (Å²) in [4.78, 5) is 15.1. The topological polar surface area (TPSA) is 30.0 Å². The molecule has 0 amide bonds. The number of rotatable bonds is 1. The van der Waals surface area contributed by atoms with Gasteiger partial charge in [0.1, 0.15) is 11.5 Å². The van der Waals surface area contributed by atoms with Crippen molar-refractivity contribution in [3.05, 3.63) is 41.8 Å². The average molecular weight is 189 g/mol. The zero-order chi connectivity index (χ0) is 10.1. The second-order valence-corrected chi connectivity index (χ2v) is 3.09. The van der Waals surface area contributed by atoms with Gasteiger partial charge in [0.05, 0.1) is 5.52 Å². The predicted octanol–water partition coefficient (Wildman–Crippen LogP) is 2.58. The summed E-state index contributed by atoms with van der Waals surface area (Å²) in [7, 11) is 0. The minimum Gasteiger partial charge on any atom is -0.293 e. The van der Waals surface area contributed by atoms with Crippen LogP contribution in [0.25, 0.3) is 10.9 Å². The summed E-state index contributed by atoms with van der Waals surface area (Å²) < 4.78 is 12.8. The fourth-order valence-corrected chi connectivity index (χ4v) is 1.29. The van der Waals surface area contributed by atoms with Crippen molar-refractivity contribution >= 4 is 16.7 Å². The van der Waals surface area contributed by atoms with Gasteiger partial charge in [-0.25, -0.2) is 9.37 Å². The second-order valence-electron chi connectivity index (χ2n) is 3.09. The zero-order valence-electron chi connectivity index (χ0n) is 7.62. The Morgan fingerprint density at radius 3 is 2.79 bits per heavy atom. The smallest absolute Gasteiger partial charge is 0.178 e. The van der Waals surface area contributed by atoms with Crippen molar-refractivity contribution in [1.29, 1.82) is 0 Å². The normalized spacial score (nSPS) is 10.4. The number of ketones is 1. The molecule has 0 N–H and O–H groups in total. The van der Waals surface area contributed by atoms with E-state index in [1.165, 1.54) is 19.1 Å². The van der Waals surface area contributed by atoms with Crippen LogP contribution in [0.5, 0.6) is 0 Å². The summed E-state index contributed by atoms with van der Waals surface area (Å²) in [6, 6.07) is 7.59. The summed E-state index contributed by atoms with van der Waals surface area (Å²) in [5.41, 5.74) is 1.04. The largest absolute Gasteiger partial charge is 0.293 e. The maximum atomic E-state index is 12.8. The first kappa shape index (κ1) is 8.81. The van der Waals surface area contributed by atoms with E-state index < -0.39 is 0 Å². The molecule has 0 spiro atoms. The number of nitrogens with zero attached hydrogens (tertiary/aromatic N) is 1. The first-order valence-corrected chi connectivity index (χ1v) is 4.24. The van der Waals surface area contributed by atoms with E-state index in [0.717, 1.165) is 0 Å². The molecule has 0 saturated heterocycles. The van der Waals surface area contributed by atoms with Crippen LogP contribution < -0.4 is 0 Å². The third kappa shape index (κ3) is 1.48. The molecule has 3 heteroatoms. The lowest BCUT2D eigenvalue weighted by atomic mass is 10.2. The van der Waals surface area contributed by atoms with Gasteiger partial charge in [0.2, 0.25) is 0 Å². The molecular formula is C11H8FNO. The molecule has 0 fully saturated rings. The molecule has 1 heterocycles. The van der Waals surface area contributed by atoms with E-state index in [1.54, 1.807) is 18.2 Å². The van der Waals surface area contributed by atoms with Gasteiger partial charge in [0.15, 0.2) is 5.78 Å². The van der Waals surface area contributed by atoms with Gasteiger partial charge in [-0.1, -0.05) is 6.07 Å². The molecule has 0 unspecified atom stereocenters. The van der Waals surface area contributed by atoms with Gasteiger partial charge in [0.25, 0.3) is 0 Å². The molecular weight excluding hydrogens is 181 g/mol. The highest BCUT2D eigenvalue weighted by Crippen LogP contribution is 2.14. The molecule has 0 bridgehead atoms. The third-order valence-electron chi connectivity index (χ3n) is 2.01. The molecule has 2 aromatic rings. The molecule has 1 aromatic carbocycles. The summed E-state index contributed by atoms with van der Waals surface area (Å²) >= 11 is 0. The quantitative estimate of drug-likeness (QED) is 0.645. The highest BCUT2D eigenvalue weighted by molar-refractivity contribution is 5.94. The van der Waals surface area contributed by atoms with Crippen molar-refractivity contribution < 1.29 is 9.18 Å². The van der Waals surface area contributed by atoms with Gasteiger partial charge < -0.3 is 0 Å². The average Bonchev–Trinajstić information content (AvgIpc) is 2.16. The van der Waals surface area contributed by atoms with Crippen molar-refractivity contribution in [2.24, 2.45) is 0 Å². The first-order valence-electron chi connectivity index (χ1n) is 4.24. The van der Waals surface area contributed by atoms with E-state index in [2.05, 4.69) is 4.98 Å². The Morgan fingerprint density at radius 1 is 1.29 bits per heavy atom. The molecule has 2 nitrogen and oxygen atoms in total. The van der Waals surface area contributed by atoms with Crippen LogP contribution in [-0.2, 0) is 0 Å². The van der Waals surface area contributed by atoms with E-state index in [9.17, 15) is 9.18 Å². The van der Waals surface area contributed by atoms with Crippen molar-refractivity contribution in [3.8, 4) is 0 Å². The SMILES string of the molecule is CC(=O)c1ccc2cc(F)ccc2n1. The Labute approximate surface area is 80.4 Å². The van der Waals surface area contributed by atoms with Crippen molar-refractivity contribution in [2.75, 3.05) is 0 Å². The number of fused-ring (bicyclic) bond motifs is 1. The maximum absolute atomic E-state index is 12.8. The molecule has 0 aliphatic heterocycles. The minimum absolute atomic E-state index is 0.0868. The molecule has 14 heavy (non-hydrogen) atoms. The Bertz CT molecular complexity index is 508. The lowest BCUT2D eigenvalue weighted by molar-refractivity contribution is 0.101. The molecule has 1 aromatic heterocycles. The molecule has 0 aliphatic rings. The van der Waals surface area contributed by atoms with Gasteiger partial charge in [-0.15, -0.1) is 0 Å². The Morgan fingerprint density at radius 2 is 2.07 bits per heavy atom. The fraction of sp³-hybridized carbons (Fsp3) is 0.0909.